The van der Waals surface area contributed by atoms with Gasteiger partial charge < -0.3 is 24.0 Å². The van der Waals surface area contributed by atoms with E-state index in [1.54, 1.807) is 0 Å². The molecule has 1 aliphatic rings. The van der Waals surface area contributed by atoms with Crippen molar-refractivity contribution in [2.75, 3.05) is 5.32 Å². The number of rotatable bonds is 12. The molecule has 0 fully saturated rings. The molecule has 5 aromatic rings. The second-order valence-electron chi connectivity index (χ2n) is 10.1. The highest BCUT2D eigenvalue weighted by molar-refractivity contribution is 8.12. The maximum atomic E-state index is 11.0. The molecule has 1 unspecified atom stereocenters. The monoisotopic (exact) mass is 611 g/mol. The summed E-state index contributed by atoms with van der Waals surface area (Å²) in [6, 6.07) is 28.4. The smallest absolute Gasteiger partial charge is 0.303 e. The Hall–Kier alpha value is -4.60. The maximum Gasteiger partial charge on any atom is 0.303 e. The number of aryl methyl sites for hydroxylation is 1. The van der Waals surface area contributed by atoms with E-state index >= 15 is 0 Å². The predicted octanol–water partition coefficient (Wildman–Crippen LogP) is 7.62. The van der Waals surface area contributed by atoms with Crippen molar-refractivity contribution in [3.05, 3.63) is 126 Å². The van der Waals surface area contributed by atoms with Crippen LogP contribution in [0, 0.1) is 0 Å². The van der Waals surface area contributed by atoms with Crippen molar-refractivity contribution in [2.45, 2.75) is 31.7 Å². The van der Waals surface area contributed by atoms with Crippen LogP contribution in [-0.4, -0.2) is 35.3 Å². The van der Waals surface area contributed by atoms with Gasteiger partial charge in [0.1, 0.15) is 17.6 Å². The number of hydrogen-bond acceptors (Lipinski definition) is 6. The average molecular weight is 612 g/mol. The van der Waals surface area contributed by atoms with E-state index in [1.165, 1.54) is 17.5 Å². The summed E-state index contributed by atoms with van der Waals surface area (Å²) in [6.07, 6.45) is 6.07. The van der Waals surface area contributed by atoms with E-state index in [0.29, 0.717) is 29.6 Å². The number of halogens is 1. The van der Waals surface area contributed by atoms with Crippen LogP contribution in [0.1, 0.15) is 24.0 Å². The van der Waals surface area contributed by atoms with Crippen molar-refractivity contribution in [3.63, 3.8) is 0 Å². The fraction of sp³-hybridized carbons (Fsp3) is 0.152. The lowest BCUT2D eigenvalue weighted by atomic mass is 10.2. The highest BCUT2D eigenvalue weighted by Gasteiger charge is 2.19. The van der Waals surface area contributed by atoms with Crippen LogP contribution >= 0.6 is 22.3 Å². The molecule has 1 atom stereocenters. The Morgan fingerprint density at radius 1 is 0.977 bits per heavy atom. The zero-order valence-electron chi connectivity index (χ0n) is 23.3. The Labute approximate surface area is 257 Å². The Bertz CT molecular complexity index is 1810. The first-order chi connectivity index (χ1) is 21.0. The molecule has 43 heavy (non-hydrogen) atoms. The zero-order valence-corrected chi connectivity index (χ0v) is 24.8. The number of aromatic nitrogens is 3. The van der Waals surface area contributed by atoms with E-state index in [2.05, 4.69) is 79.7 Å². The number of ether oxygens (including phenoxy) is 1. The third kappa shape index (κ3) is 7.07. The Morgan fingerprint density at radius 3 is 2.49 bits per heavy atom. The van der Waals surface area contributed by atoms with Gasteiger partial charge in [-0.2, -0.15) is 0 Å². The molecule has 0 spiro atoms. The predicted molar refractivity (Wildman–Crippen MR) is 174 cm³/mol. The summed E-state index contributed by atoms with van der Waals surface area (Å²) in [5.41, 5.74) is 4.83. The maximum absolute atomic E-state index is 11.0. The van der Waals surface area contributed by atoms with E-state index in [-0.39, 0.29) is 17.1 Å². The van der Waals surface area contributed by atoms with E-state index in [0.717, 1.165) is 34.8 Å². The second kappa shape index (κ2) is 13.1. The van der Waals surface area contributed by atoms with Gasteiger partial charge in [0, 0.05) is 36.0 Å². The first-order valence-electron chi connectivity index (χ1n) is 13.9. The quantitative estimate of drug-likeness (QED) is 0.140. The van der Waals surface area contributed by atoms with E-state index < -0.39 is 5.97 Å². The molecule has 2 N–H and O–H groups in total. The van der Waals surface area contributed by atoms with Gasteiger partial charge in [0.25, 0.3) is 0 Å². The molecule has 0 aliphatic carbocycles. The number of carbonyl (C=O) groups is 1. The molecule has 2 aromatic heterocycles. The second-order valence-corrected chi connectivity index (χ2v) is 12.3. The number of carboxylic acid groups (broad SMARTS) is 1. The summed E-state index contributed by atoms with van der Waals surface area (Å²) in [6.45, 7) is 1.33. The van der Waals surface area contributed by atoms with Crippen molar-refractivity contribution >= 4 is 56.1 Å². The number of fused-ring (bicyclic) bond motifs is 1. The van der Waals surface area contributed by atoms with Gasteiger partial charge in [-0.1, -0.05) is 82.9 Å². The van der Waals surface area contributed by atoms with Gasteiger partial charge in [-0.15, -0.1) is 0 Å². The van der Waals surface area contributed by atoms with Gasteiger partial charge in [0.2, 0.25) is 0 Å². The molecule has 8 nitrogen and oxygen atoms in total. The topological polar surface area (TPSA) is 92.5 Å². The SMILES string of the molecule is O=C(O)CCCn1ccc2ncnc(Nc3ccc(OC4=CN(Cc5ccccc5)S(Cc5ccccc5)=C4)c(Cl)c3)c21. The third-order valence-electron chi connectivity index (χ3n) is 6.93. The highest BCUT2D eigenvalue weighted by Crippen LogP contribution is 2.36. The minimum absolute atomic E-state index is 0.0958. The number of carboxylic acids is 1. The molecule has 0 amide bonds. The fourth-order valence-electron chi connectivity index (χ4n) is 4.89. The van der Waals surface area contributed by atoms with Crippen LogP contribution in [0.4, 0.5) is 11.5 Å². The Kier molecular flexibility index (Phi) is 8.72. The van der Waals surface area contributed by atoms with E-state index in [9.17, 15) is 4.79 Å². The summed E-state index contributed by atoms with van der Waals surface area (Å²) < 4.78 is 10.6. The van der Waals surface area contributed by atoms with Gasteiger partial charge in [-0.25, -0.2) is 9.97 Å². The van der Waals surface area contributed by atoms with Gasteiger partial charge in [0.15, 0.2) is 11.6 Å². The van der Waals surface area contributed by atoms with Crippen LogP contribution in [0.15, 0.2) is 109 Å². The molecule has 3 aromatic carbocycles. The van der Waals surface area contributed by atoms with Gasteiger partial charge in [-0.3, -0.25) is 4.79 Å². The van der Waals surface area contributed by atoms with Crippen molar-refractivity contribution < 1.29 is 14.6 Å². The van der Waals surface area contributed by atoms with Gasteiger partial charge >= 0.3 is 5.97 Å². The fourth-order valence-corrected chi connectivity index (χ4v) is 6.96. The molecular weight excluding hydrogens is 582 g/mol. The normalized spacial score (nSPS) is 14.4. The van der Waals surface area contributed by atoms with Gasteiger partial charge in [-0.05, 0) is 41.8 Å². The van der Waals surface area contributed by atoms with Crippen LogP contribution in [-0.2, 0) is 23.6 Å². The standard InChI is InChI=1S/C33H30ClN5O3S/c34-28-18-26(37-33-32-29(35-23-36-33)15-17-38(32)16-7-12-31(40)41)13-14-30(28)42-27-20-39(19-24-8-3-1-4-9-24)43(22-27)21-25-10-5-2-6-11-25/h1-6,8-11,13-15,17-18,20,22-23H,7,12,16,19,21H2,(H,40,41)(H,35,36,37). The number of nitrogens with zero attached hydrogens (tertiary/aromatic N) is 4. The molecule has 10 heteroatoms. The van der Waals surface area contributed by atoms with Crippen LogP contribution < -0.4 is 10.1 Å². The van der Waals surface area contributed by atoms with Crippen molar-refractivity contribution in [1.29, 1.82) is 0 Å². The Balaban J connectivity index is 1.19. The molecular formula is C33H30ClN5O3S. The number of nitrogens with one attached hydrogen (secondary N) is 1. The zero-order chi connectivity index (χ0) is 29.6. The van der Waals surface area contributed by atoms with E-state index in [4.69, 9.17) is 21.4 Å². The summed E-state index contributed by atoms with van der Waals surface area (Å²) >= 11 is 6.72. The van der Waals surface area contributed by atoms with Crippen molar-refractivity contribution in [3.8, 4) is 5.75 Å². The third-order valence-corrected chi connectivity index (χ3v) is 9.19. The van der Waals surface area contributed by atoms with E-state index in [1.807, 2.05) is 47.2 Å². The van der Waals surface area contributed by atoms with Crippen LogP contribution in [0.3, 0.4) is 0 Å². The van der Waals surface area contributed by atoms with Crippen molar-refractivity contribution in [1.82, 2.24) is 18.8 Å². The number of allylic oxidation sites excluding steroid dienone is 1. The van der Waals surface area contributed by atoms with Gasteiger partial charge in [0.05, 0.1) is 23.3 Å². The van der Waals surface area contributed by atoms with Crippen LogP contribution in [0.25, 0.3) is 11.0 Å². The molecule has 0 bridgehead atoms. The van der Waals surface area contributed by atoms with Crippen LogP contribution in [0.2, 0.25) is 5.02 Å². The van der Waals surface area contributed by atoms with Crippen LogP contribution in [0.5, 0.6) is 5.75 Å². The molecule has 0 radical (unpaired) electrons. The summed E-state index contributed by atoms with van der Waals surface area (Å²) in [4.78, 5) is 19.8. The summed E-state index contributed by atoms with van der Waals surface area (Å²) in [7, 11) is -0.189. The molecule has 1 aliphatic heterocycles. The summed E-state index contributed by atoms with van der Waals surface area (Å²) in [5, 5.41) is 15.0. The number of benzene rings is 3. The molecule has 0 saturated heterocycles. The van der Waals surface area contributed by atoms with Crippen molar-refractivity contribution in [2.24, 2.45) is 0 Å². The lowest BCUT2D eigenvalue weighted by Gasteiger charge is -2.21. The molecule has 0 saturated carbocycles. The number of anilines is 2. The molecule has 3 heterocycles. The Morgan fingerprint density at radius 2 is 1.74 bits per heavy atom. The minimum atomic E-state index is -0.815. The average Bonchev–Trinajstić information content (AvgIpc) is 3.59. The lowest BCUT2D eigenvalue weighted by Crippen LogP contribution is -2.09. The minimum Gasteiger partial charge on any atom is -0.481 e. The summed E-state index contributed by atoms with van der Waals surface area (Å²) in [5.74, 6) is 2.01. The molecule has 218 valence electrons. The highest BCUT2D eigenvalue weighted by atomic mass is 35.5. The first-order valence-corrected chi connectivity index (χ1v) is 15.7. The first kappa shape index (κ1) is 28.5. The molecule has 6 rings (SSSR count). The number of aliphatic carboxylic acids is 1. The number of hydrogen-bond donors (Lipinski definition) is 2. The largest absolute Gasteiger partial charge is 0.481 e. The lowest BCUT2D eigenvalue weighted by molar-refractivity contribution is -0.137.